The highest BCUT2D eigenvalue weighted by Crippen LogP contribution is 2.28. The first-order chi connectivity index (χ1) is 13.1. The van der Waals surface area contributed by atoms with Crippen molar-refractivity contribution in [3.63, 3.8) is 0 Å². The van der Waals surface area contributed by atoms with Gasteiger partial charge in [-0.05, 0) is 18.2 Å². The van der Waals surface area contributed by atoms with E-state index in [1.165, 1.54) is 25.3 Å². The summed E-state index contributed by atoms with van der Waals surface area (Å²) in [4.78, 5) is 27.0. The van der Waals surface area contributed by atoms with Crippen LogP contribution in [0, 0.1) is 10.1 Å². The second-order valence-electron chi connectivity index (χ2n) is 6.20. The second kappa shape index (κ2) is 8.39. The van der Waals surface area contributed by atoms with Gasteiger partial charge in [-0.25, -0.2) is 0 Å². The van der Waals surface area contributed by atoms with E-state index in [2.05, 4.69) is 22.3 Å². The molecule has 0 aliphatic carbocycles. The third-order valence-corrected chi connectivity index (χ3v) is 4.58. The molecule has 8 nitrogen and oxygen atoms in total. The number of carbonyl (C=O) groups excluding carboxylic acids is 1. The maximum Gasteiger partial charge on any atom is 0.271 e. The fourth-order valence-electron chi connectivity index (χ4n) is 3.08. The fraction of sp³-hybridized carbons (Fsp3) is 0.316. The number of hydrogen-bond donors (Lipinski definition) is 1. The SMILES string of the molecule is COc1ccc([N+](=O)[O-])cc1NCC(=O)N1CCN(c2ccccc2)CC1. The summed E-state index contributed by atoms with van der Waals surface area (Å²) in [5.74, 6) is 0.415. The van der Waals surface area contributed by atoms with Crippen molar-refractivity contribution in [2.24, 2.45) is 0 Å². The number of piperazine rings is 1. The highest BCUT2D eigenvalue weighted by atomic mass is 16.6. The average molecular weight is 370 g/mol. The van der Waals surface area contributed by atoms with Crippen LogP contribution in [0.25, 0.3) is 0 Å². The van der Waals surface area contributed by atoms with Crippen LogP contribution < -0.4 is 15.0 Å². The minimum Gasteiger partial charge on any atom is -0.495 e. The Morgan fingerprint density at radius 3 is 2.48 bits per heavy atom. The molecule has 2 aromatic rings. The maximum atomic E-state index is 12.5. The summed E-state index contributed by atoms with van der Waals surface area (Å²) in [6.45, 7) is 2.89. The van der Waals surface area contributed by atoms with Crippen LogP contribution >= 0.6 is 0 Å². The van der Waals surface area contributed by atoms with Crippen molar-refractivity contribution < 1.29 is 14.5 Å². The number of rotatable bonds is 6. The van der Waals surface area contributed by atoms with Gasteiger partial charge in [-0.2, -0.15) is 0 Å². The van der Waals surface area contributed by atoms with Gasteiger partial charge in [0.25, 0.3) is 5.69 Å². The molecule has 0 saturated carbocycles. The number of para-hydroxylation sites is 1. The van der Waals surface area contributed by atoms with Gasteiger partial charge in [-0.1, -0.05) is 18.2 Å². The van der Waals surface area contributed by atoms with Crippen LogP contribution in [0.4, 0.5) is 17.1 Å². The first-order valence-electron chi connectivity index (χ1n) is 8.72. The number of anilines is 2. The number of nitro benzene ring substituents is 1. The van der Waals surface area contributed by atoms with Crippen molar-refractivity contribution >= 4 is 23.0 Å². The standard InChI is InChI=1S/C19H22N4O4/c1-27-18-8-7-16(23(25)26)13-17(18)20-14-19(24)22-11-9-21(10-12-22)15-5-3-2-4-6-15/h2-8,13,20H,9-12,14H2,1H3. The second-order valence-corrected chi connectivity index (χ2v) is 6.20. The Balaban J connectivity index is 1.56. The van der Waals surface area contributed by atoms with Gasteiger partial charge >= 0.3 is 0 Å². The number of hydrogen-bond acceptors (Lipinski definition) is 6. The highest BCUT2D eigenvalue weighted by molar-refractivity contribution is 5.82. The molecule has 0 unspecified atom stereocenters. The number of ether oxygens (including phenoxy) is 1. The molecule has 0 bridgehead atoms. The van der Waals surface area contributed by atoms with Crippen molar-refractivity contribution in [1.82, 2.24) is 4.90 Å². The van der Waals surface area contributed by atoms with Crippen LogP contribution in [-0.2, 0) is 4.79 Å². The minimum absolute atomic E-state index is 0.0451. The molecule has 27 heavy (non-hydrogen) atoms. The molecule has 1 aliphatic rings. The quantitative estimate of drug-likeness (QED) is 0.620. The molecule has 0 aromatic heterocycles. The Kier molecular flexibility index (Phi) is 5.75. The smallest absolute Gasteiger partial charge is 0.271 e. The summed E-state index contributed by atoms with van der Waals surface area (Å²) in [7, 11) is 1.48. The van der Waals surface area contributed by atoms with E-state index in [4.69, 9.17) is 4.74 Å². The van der Waals surface area contributed by atoms with E-state index in [1.54, 1.807) is 4.90 Å². The molecule has 0 radical (unpaired) electrons. The van der Waals surface area contributed by atoms with Crippen LogP contribution in [0.3, 0.4) is 0 Å². The summed E-state index contributed by atoms with van der Waals surface area (Å²) in [5, 5.41) is 13.9. The Morgan fingerprint density at radius 2 is 1.85 bits per heavy atom. The first kappa shape index (κ1) is 18.5. The van der Waals surface area contributed by atoms with Crippen molar-refractivity contribution in [3.8, 4) is 5.75 Å². The van der Waals surface area contributed by atoms with Crippen LogP contribution in [0.1, 0.15) is 0 Å². The predicted octanol–water partition coefficient (Wildman–Crippen LogP) is 2.36. The van der Waals surface area contributed by atoms with Crippen LogP contribution in [0.2, 0.25) is 0 Å². The van der Waals surface area contributed by atoms with E-state index in [-0.39, 0.29) is 18.1 Å². The predicted molar refractivity (Wildman–Crippen MR) is 103 cm³/mol. The lowest BCUT2D eigenvalue weighted by Gasteiger charge is -2.36. The molecule has 1 heterocycles. The van der Waals surface area contributed by atoms with Gasteiger partial charge in [0.1, 0.15) is 5.75 Å². The lowest BCUT2D eigenvalue weighted by Crippen LogP contribution is -2.50. The van der Waals surface area contributed by atoms with Gasteiger partial charge in [0.2, 0.25) is 5.91 Å². The van der Waals surface area contributed by atoms with E-state index >= 15 is 0 Å². The number of carbonyl (C=O) groups is 1. The van der Waals surface area contributed by atoms with Gasteiger partial charge in [-0.15, -0.1) is 0 Å². The lowest BCUT2D eigenvalue weighted by molar-refractivity contribution is -0.384. The number of nitrogens with zero attached hydrogens (tertiary/aromatic N) is 3. The van der Waals surface area contributed by atoms with Gasteiger partial charge in [-0.3, -0.25) is 14.9 Å². The molecule has 3 rings (SSSR count). The van der Waals surface area contributed by atoms with E-state index in [1.807, 2.05) is 18.2 Å². The molecule has 1 amide bonds. The molecule has 1 saturated heterocycles. The first-order valence-corrected chi connectivity index (χ1v) is 8.72. The largest absolute Gasteiger partial charge is 0.495 e. The van der Waals surface area contributed by atoms with Crippen molar-refractivity contribution in [2.45, 2.75) is 0 Å². The normalized spacial score (nSPS) is 14.0. The molecule has 2 aromatic carbocycles. The zero-order valence-electron chi connectivity index (χ0n) is 15.1. The number of amides is 1. The summed E-state index contributed by atoms with van der Waals surface area (Å²) < 4.78 is 5.20. The van der Waals surface area contributed by atoms with Gasteiger partial charge in [0.05, 0.1) is 24.3 Å². The molecule has 8 heteroatoms. The number of methoxy groups -OCH3 is 1. The summed E-state index contributed by atoms with van der Waals surface area (Å²) in [6, 6.07) is 14.4. The number of nitro groups is 1. The molecule has 0 spiro atoms. The lowest BCUT2D eigenvalue weighted by atomic mass is 10.2. The van der Waals surface area contributed by atoms with Gasteiger partial charge < -0.3 is 19.9 Å². The Bertz CT molecular complexity index is 805. The third-order valence-electron chi connectivity index (χ3n) is 4.58. The Labute approximate surface area is 157 Å². The van der Waals surface area contributed by atoms with Crippen LogP contribution in [0.15, 0.2) is 48.5 Å². The average Bonchev–Trinajstić information content (AvgIpc) is 2.72. The molecule has 0 atom stereocenters. The topological polar surface area (TPSA) is 87.9 Å². The van der Waals surface area contributed by atoms with Crippen molar-refractivity contribution in [1.29, 1.82) is 0 Å². The molecule has 1 fully saturated rings. The minimum atomic E-state index is -0.477. The van der Waals surface area contributed by atoms with E-state index in [0.29, 0.717) is 24.5 Å². The Hall–Kier alpha value is -3.29. The monoisotopic (exact) mass is 370 g/mol. The zero-order valence-corrected chi connectivity index (χ0v) is 15.1. The van der Waals surface area contributed by atoms with E-state index in [0.717, 1.165) is 18.8 Å². The summed E-state index contributed by atoms with van der Waals surface area (Å²) in [6.07, 6.45) is 0. The van der Waals surface area contributed by atoms with Crippen LogP contribution in [-0.4, -0.2) is 55.6 Å². The van der Waals surface area contributed by atoms with Gasteiger partial charge in [0, 0.05) is 44.0 Å². The Morgan fingerprint density at radius 1 is 1.15 bits per heavy atom. The van der Waals surface area contributed by atoms with E-state index in [9.17, 15) is 14.9 Å². The number of benzene rings is 2. The van der Waals surface area contributed by atoms with E-state index < -0.39 is 4.92 Å². The molecular weight excluding hydrogens is 348 g/mol. The molecule has 1 aliphatic heterocycles. The summed E-state index contributed by atoms with van der Waals surface area (Å²) >= 11 is 0. The highest BCUT2D eigenvalue weighted by Gasteiger charge is 2.21. The zero-order chi connectivity index (χ0) is 19.2. The van der Waals surface area contributed by atoms with Crippen molar-refractivity contribution in [2.75, 3.05) is 50.1 Å². The third kappa shape index (κ3) is 4.46. The number of non-ortho nitro benzene ring substituents is 1. The molecular formula is C19H22N4O4. The van der Waals surface area contributed by atoms with Gasteiger partial charge in [0.15, 0.2) is 0 Å². The number of nitrogens with one attached hydrogen (secondary N) is 1. The summed E-state index contributed by atoms with van der Waals surface area (Å²) in [5.41, 5.74) is 1.54. The van der Waals surface area contributed by atoms with Crippen molar-refractivity contribution in [3.05, 3.63) is 58.6 Å². The fourth-order valence-corrected chi connectivity index (χ4v) is 3.08. The molecule has 1 N–H and O–H groups in total. The van der Waals surface area contributed by atoms with Crippen LogP contribution in [0.5, 0.6) is 5.75 Å². The maximum absolute atomic E-state index is 12.5. The molecule has 142 valence electrons.